The summed E-state index contributed by atoms with van der Waals surface area (Å²) in [5.74, 6) is 1.25. The summed E-state index contributed by atoms with van der Waals surface area (Å²) in [4.78, 5) is 15.6. The summed E-state index contributed by atoms with van der Waals surface area (Å²) in [6, 6.07) is 10.9. The number of benzene rings is 2. The molecule has 1 N–H and O–H groups in total. The number of fused-ring (bicyclic) bond motifs is 1. The maximum absolute atomic E-state index is 11.1. The van der Waals surface area contributed by atoms with E-state index in [1.807, 2.05) is 18.2 Å². The molecule has 0 fully saturated rings. The molecule has 3 rings (SSSR count). The minimum atomic E-state index is -0.171. The number of nitrogens with one attached hydrogen (secondary N) is 1. The van der Waals surface area contributed by atoms with Gasteiger partial charge >= 0.3 is 0 Å². The molecule has 0 saturated heterocycles. The summed E-state index contributed by atoms with van der Waals surface area (Å²) >= 11 is 7.69. The molecule has 7 heteroatoms. The normalized spacial score (nSPS) is 10.6. The number of halogens is 1. The molecule has 1 aromatic heterocycles. The van der Waals surface area contributed by atoms with Gasteiger partial charge in [0.15, 0.2) is 0 Å². The van der Waals surface area contributed by atoms with Gasteiger partial charge in [-0.2, -0.15) is 0 Å². The van der Waals surface area contributed by atoms with Gasteiger partial charge in [0.1, 0.15) is 23.1 Å². The fourth-order valence-electron chi connectivity index (χ4n) is 2.16. The summed E-state index contributed by atoms with van der Waals surface area (Å²) < 4.78 is 12.0. The number of aromatic nitrogens is 1. The van der Waals surface area contributed by atoms with Crippen LogP contribution in [-0.2, 0) is 11.4 Å². The number of rotatable bonds is 5. The summed E-state index contributed by atoms with van der Waals surface area (Å²) in [6.07, 6.45) is 0. The highest BCUT2D eigenvalue weighted by molar-refractivity contribution is 7.18. The van der Waals surface area contributed by atoms with Gasteiger partial charge in [0, 0.05) is 13.0 Å². The van der Waals surface area contributed by atoms with Crippen LogP contribution in [0.4, 0.5) is 5.69 Å². The van der Waals surface area contributed by atoms with Gasteiger partial charge in [0.05, 0.1) is 28.0 Å². The lowest BCUT2D eigenvalue weighted by atomic mass is 10.3. The van der Waals surface area contributed by atoms with Crippen molar-refractivity contribution >= 4 is 44.7 Å². The van der Waals surface area contributed by atoms with E-state index in [1.165, 1.54) is 6.92 Å². The highest BCUT2D eigenvalue weighted by Gasteiger charge is 2.08. The zero-order chi connectivity index (χ0) is 17.1. The molecule has 0 aliphatic rings. The van der Waals surface area contributed by atoms with Crippen LogP contribution in [0.1, 0.15) is 11.9 Å². The monoisotopic (exact) mass is 362 g/mol. The largest absolute Gasteiger partial charge is 0.497 e. The third kappa shape index (κ3) is 3.77. The number of methoxy groups -OCH3 is 1. The Labute approximate surface area is 148 Å². The molecular weight excluding hydrogens is 348 g/mol. The van der Waals surface area contributed by atoms with Crippen molar-refractivity contribution in [3.8, 4) is 11.5 Å². The Balaban J connectivity index is 1.71. The molecule has 24 heavy (non-hydrogen) atoms. The van der Waals surface area contributed by atoms with E-state index in [0.29, 0.717) is 23.1 Å². The highest BCUT2D eigenvalue weighted by atomic mass is 35.5. The Bertz CT molecular complexity index is 895. The van der Waals surface area contributed by atoms with Crippen molar-refractivity contribution in [2.24, 2.45) is 0 Å². The molecule has 1 amide bonds. The maximum atomic E-state index is 11.1. The zero-order valence-electron chi connectivity index (χ0n) is 13.1. The SMILES string of the molecule is COc1ccc2nc(COc3ccc(NC(C)=O)c(Cl)c3)sc2c1. The van der Waals surface area contributed by atoms with E-state index < -0.39 is 0 Å². The van der Waals surface area contributed by atoms with Crippen molar-refractivity contribution in [1.82, 2.24) is 4.98 Å². The van der Waals surface area contributed by atoms with Gasteiger partial charge in [-0.15, -0.1) is 11.3 Å². The number of hydrogen-bond acceptors (Lipinski definition) is 5. The molecule has 2 aromatic carbocycles. The van der Waals surface area contributed by atoms with Crippen molar-refractivity contribution in [2.45, 2.75) is 13.5 Å². The zero-order valence-corrected chi connectivity index (χ0v) is 14.7. The summed E-state index contributed by atoms with van der Waals surface area (Å²) in [5.41, 5.74) is 1.47. The molecule has 0 radical (unpaired) electrons. The van der Waals surface area contributed by atoms with Gasteiger partial charge in [0.25, 0.3) is 0 Å². The quantitative estimate of drug-likeness (QED) is 0.726. The van der Waals surface area contributed by atoms with E-state index in [-0.39, 0.29) is 5.91 Å². The second-order valence-electron chi connectivity index (χ2n) is 5.05. The number of nitrogens with zero attached hydrogens (tertiary/aromatic N) is 1. The third-order valence-electron chi connectivity index (χ3n) is 3.25. The van der Waals surface area contributed by atoms with Crippen LogP contribution in [0, 0.1) is 0 Å². The predicted octanol–water partition coefficient (Wildman–Crippen LogP) is 4.50. The predicted molar refractivity (Wildman–Crippen MR) is 96.3 cm³/mol. The van der Waals surface area contributed by atoms with E-state index in [2.05, 4.69) is 10.3 Å². The molecule has 3 aromatic rings. The van der Waals surface area contributed by atoms with Gasteiger partial charge in [-0.1, -0.05) is 11.6 Å². The van der Waals surface area contributed by atoms with Crippen LogP contribution in [0.25, 0.3) is 10.2 Å². The van der Waals surface area contributed by atoms with Crippen LogP contribution in [0.5, 0.6) is 11.5 Å². The van der Waals surface area contributed by atoms with Crippen LogP contribution in [0.15, 0.2) is 36.4 Å². The molecule has 5 nitrogen and oxygen atoms in total. The summed E-state index contributed by atoms with van der Waals surface area (Å²) in [5, 5.41) is 3.94. The van der Waals surface area contributed by atoms with Crippen LogP contribution < -0.4 is 14.8 Å². The first-order valence-electron chi connectivity index (χ1n) is 7.18. The maximum Gasteiger partial charge on any atom is 0.221 e. The van der Waals surface area contributed by atoms with Gasteiger partial charge < -0.3 is 14.8 Å². The number of amides is 1. The first-order chi connectivity index (χ1) is 11.5. The van der Waals surface area contributed by atoms with Crippen molar-refractivity contribution in [3.63, 3.8) is 0 Å². The fourth-order valence-corrected chi connectivity index (χ4v) is 3.29. The molecule has 0 aliphatic carbocycles. The summed E-state index contributed by atoms with van der Waals surface area (Å²) in [6.45, 7) is 1.78. The Morgan fingerprint density at radius 1 is 1.25 bits per heavy atom. The summed E-state index contributed by atoms with van der Waals surface area (Å²) in [7, 11) is 1.64. The van der Waals surface area contributed by atoms with Gasteiger partial charge in [-0.05, 0) is 30.3 Å². The average molecular weight is 363 g/mol. The topological polar surface area (TPSA) is 60.5 Å². The third-order valence-corrected chi connectivity index (χ3v) is 4.56. The van der Waals surface area contributed by atoms with Gasteiger partial charge in [0.2, 0.25) is 5.91 Å². The van der Waals surface area contributed by atoms with Gasteiger partial charge in [-0.3, -0.25) is 4.79 Å². The molecular formula is C17H15ClN2O3S. The van der Waals surface area contributed by atoms with Crippen molar-refractivity contribution in [1.29, 1.82) is 0 Å². The molecule has 0 unspecified atom stereocenters. The Morgan fingerprint density at radius 3 is 2.75 bits per heavy atom. The molecule has 124 valence electrons. The van der Waals surface area contributed by atoms with Crippen molar-refractivity contribution in [2.75, 3.05) is 12.4 Å². The van der Waals surface area contributed by atoms with Crippen molar-refractivity contribution < 1.29 is 14.3 Å². The Morgan fingerprint density at radius 2 is 2.04 bits per heavy atom. The number of carbonyl (C=O) groups is 1. The Hall–Kier alpha value is -2.31. The smallest absolute Gasteiger partial charge is 0.221 e. The number of carbonyl (C=O) groups excluding carboxylic acids is 1. The number of ether oxygens (including phenoxy) is 2. The van der Waals surface area contributed by atoms with E-state index in [1.54, 1.807) is 36.6 Å². The molecule has 0 atom stereocenters. The lowest BCUT2D eigenvalue weighted by Gasteiger charge is -2.08. The first kappa shape index (κ1) is 16.5. The molecule has 0 aliphatic heterocycles. The van der Waals surface area contributed by atoms with Gasteiger partial charge in [-0.25, -0.2) is 4.98 Å². The minimum absolute atomic E-state index is 0.171. The molecule has 0 spiro atoms. The lowest BCUT2D eigenvalue weighted by molar-refractivity contribution is -0.114. The first-order valence-corrected chi connectivity index (χ1v) is 8.38. The van der Waals surface area contributed by atoms with Crippen LogP contribution in [0.2, 0.25) is 5.02 Å². The minimum Gasteiger partial charge on any atom is -0.497 e. The van der Waals surface area contributed by atoms with E-state index >= 15 is 0 Å². The number of anilines is 1. The molecule has 1 heterocycles. The standard InChI is InChI=1S/C17H15ClN2O3S/c1-10(21)19-14-5-4-12(7-13(14)18)23-9-17-20-15-6-3-11(22-2)8-16(15)24-17/h3-8H,9H2,1-2H3,(H,19,21). The second-order valence-corrected chi connectivity index (χ2v) is 6.58. The fraction of sp³-hybridized carbons (Fsp3) is 0.176. The van der Waals surface area contributed by atoms with E-state index in [9.17, 15) is 4.79 Å². The average Bonchev–Trinajstić information content (AvgIpc) is 2.96. The van der Waals surface area contributed by atoms with Crippen LogP contribution >= 0.6 is 22.9 Å². The Kier molecular flexibility index (Phi) is 4.87. The highest BCUT2D eigenvalue weighted by Crippen LogP contribution is 2.29. The second kappa shape index (κ2) is 7.07. The van der Waals surface area contributed by atoms with E-state index in [0.717, 1.165) is 21.0 Å². The van der Waals surface area contributed by atoms with E-state index in [4.69, 9.17) is 21.1 Å². The number of thiazole rings is 1. The number of hydrogen-bond donors (Lipinski definition) is 1. The van der Waals surface area contributed by atoms with Crippen LogP contribution in [0.3, 0.4) is 0 Å². The molecule has 0 bridgehead atoms. The lowest BCUT2D eigenvalue weighted by Crippen LogP contribution is -2.06. The molecule has 0 saturated carbocycles. The van der Waals surface area contributed by atoms with Crippen molar-refractivity contribution in [3.05, 3.63) is 46.4 Å². The van der Waals surface area contributed by atoms with Crippen LogP contribution in [-0.4, -0.2) is 18.0 Å².